The van der Waals surface area contributed by atoms with Gasteiger partial charge in [0.05, 0.1) is 15.8 Å². The van der Waals surface area contributed by atoms with E-state index in [-0.39, 0.29) is 5.91 Å². The van der Waals surface area contributed by atoms with E-state index in [2.05, 4.69) is 44.8 Å². The Hall–Kier alpha value is -3.29. The number of nitrogens with one attached hydrogen (secondary N) is 2. The first-order valence-corrected chi connectivity index (χ1v) is 11.7. The zero-order valence-electron chi connectivity index (χ0n) is 17.7. The second-order valence-electron chi connectivity index (χ2n) is 7.96. The quantitative estimate of drug-likeness (QED) is 0.452. The summed E-state index contributed by atoms with van der Waals surface area (Å²) in [6.45, 7) is 2.79. The van der Waals surface area contributed by atoms with Crippen molar-refractivity contribution in [2.75, 3.05) is 23.3 Å². The maximum absolute atomic E-state index is 12.4. The molecule has 32 heavy (non-hydrogen) atoms. The number of aromatic nitrogens is 2. The van der Waals surface area contributed by atoms with Gasteiger partial charge in [-0.15, -0.1) is 11.3 Å². The lowest BCUT2D eigenvalue weighted by Crippen LogP contribution is -2.42. The SMILES string of the molecule is O=C(Nc1cccc(N2CCC(NCc3nc4ccccc4s3)CC2)c1)c1cccnc1. The van der Waals surface area contributed by atoms with E-state index < -0.39 is 0 Å². The van der Waals surface area contributed by atoms with E-state index in [1.807, 2.05) is 24.3 Å². The molecule has 6 nitrogen and oxygen atoms in total. The van der Waals surface area contributed by atoms with Gasteiger partial charge in [-0.05, 0) is 55.3 Å². The third-order valence-corrected chi connectivity index (χ3v) is 6.80. The fourth-order valence-corrected chi connectivity index (χ4v) is 4.97. The Kier molecular flexibility index (Phi) is 6.09. The van der Waals surface area contributed by atoms with Crippen LogP contribution < -0.4 is 15.5 Å². The van der Waals surface area contributed by atoms with Gasteiger partial charge < -0.3 is 15.5 Å². The van der Waals surface area contributed by atoms with E-state index in [0.29, 0.717) is 11.6 Å². The molecule has 0 atom stereocenters. The Morgan fingerprint density at radius 2 is 1.94 bits per heavy atom. The molecule has 162 valence electrons. The fraction of sp³-hybridized carbons (Fsp3) is 0.240. The molecule has 1 fully saturated rings. The second kappa shape index (κ2) is 9.46. The smallest absolute Gasteiger partial charge is 0.257 e. The summed E-state index contributed by atoms with van der Waals surface area (Å²) in [5.41, 5.74) is 3.57. The fourth-order valence-electron chi connectivity index (χ4n) is 4.05. The monoisotopic (exact) mass is 443 g/mol. The van der Waals surface area contributed by atoms with Gasteiger partial charge in [-0.3, -0.25) is 9.78 Å². The van der Waals surface area contributed by atoms with Crippen LogP contribution in [0.4, 0.5) is 11.4 Å². The van der Waals surface area contributed by atoms with Crippen LogP contribution in [0.1, 0.15) is 28.2 Å². The van der Waals surface area contributed by atoms with Crippen LogP contribution in [0.3, 0.4) is 0 Å². The second-order valence-corrected chi connectivity index (χ2v) is 9.08. The highest BCUT2D eigenvalue weighted by molar-refractivity contribution is 7.18. The molecule has 1 saturated heterocycles. The average molecular weight is 444 g/mol. The number of anilines is 2. The van der Waals surface area contributed by atoms with Crippen LogP contribution >= 0.6 is 11.3 Å². The van der Waals surface area contributed by atoms with E-state index in [1.54, 1.807) is 35.9 Å². The summed E-state index contributed by atoms with van der Waals surface area (Å²) in [5, 5.41) is 7.80. The number of hydrogen-bond acceptors (Lipinski definition) is 6. The first kappa shape index (κ1) is 20.6. The number of hydrogen-bond donors (Lipinski definition) is 2. The van der Waals surface area contributed by atoms with Crippen LogP contribution in [-0.2, 0) is 6.54 Å². The van der Waals surface area contributed by atoms with E-state index in [0.717, 1.165) is 54.4 Å². The first-order valence-electron chi connectivity index (χ1n) is 10.9. The minimum absolute atomic E-state index is 0.145. The van der Waals surface area contributed by atoms with Gasteiger partial charge in [-0.2, -0.15) is 0 Å². The maximum Gasteiger partial charge on any atom is 0.257 e. The summed E-state index contributed by atoms with van der Waals surface area (Å²) >= 11 is 1.77. The topological polar surface area (TPSA) is 70.2 Å². The van der Waals surface area contributed by atoms with E-state index in [4.69, 9.17) is 4.98 Å². The Bertz CT molecular complexity index is 1170. The Labute approximate surface area is 191 Å². The van der Waals surface area contributed by atoms with Crippen molar-refractivity contribution < 1.29 is 4.79 Å². The molecule has 0 aliphatic carbocycles. The van der Waals surface area contributed by atoms with Crippen molar-refractivity contribution in [3.63, 3.8) is 0 Å². The number of thiazole rings is 1. The molecule has 1 aliphatic rings. The third kappa shape index (κ3) is 4.79. The molecule has 4 aromatic rings. The number of rotatable bonds is 6. The van der Waals surface area contributed by atoms with Crippen molar-refractivity contribution in [3.8, 4) is 0 Å². The van der Waals surface area contributed by atoms with Gasteiger partial charge in [0.15, 0.2) is 0 Å². The van der Waals surface area contributed by atoms with Gasteiger partial charge >= 0.3 is 0 Å². The van der Waals surface area contributed by atoms with Gasteiger partial charge in [-0.25, -0.2) is 4.98 Å². The van der Waals surface area contributed by atoms with Gasteiger partial charge in [0.25, 0.3) is 5.91 Å². The zero-order chi connectivity index (χ0) is 21.8. The van der Waals surface area contributed by atoms with E-state index in [9.17, 15) is 4.79 Å². The zero-order valence-corrected chi connectivity index (χ0v) is 18.5. The number of carbonyl (C=O) groups is 1. The summed E-state index contributed by atoms with van der Waals surface area (Å²) in [7, 11) is 0. The number of benzene rings is 2. The number of amides is 1. The molecular formula is C25H25N5OS. The van der Waals surface area contributed by atoms with Gasteiger partial charge in [0.2, 0.25) is 0 Å². The number of pyridine rings is 1. The van der Waals surface area contributed by atoms with E-state index >= 15 is 0 Å². The molecule has 0 spiro atoms. The van der Waals surface area contributed by atoms with E-state index in [1.165, 1.54) is 4.70 Å². The Morgan fingerprint density at radius 1 is 1.06 bits per heavy atom. The summed E-state index contributed by atoms with van der Waals surface area (Å²) in [6, 6.07) is 20.4. The van der Waals surface area contributed by atoms with Crippen molar-refractivity contribution in [2.24, 2.45) is 0 Å². The molecule has 5 rings (SSSR count). The minimum atomic E-state index is -0.145. The highest BCUT2D eigenvalue weighted by atomic mass is 32.1. The van der Waals surface area contributed by atoms with Gasteiger partial charge in [0, 0.05) is 49.4 Å². The Morgan fingerprint density at radius 3 is 2.75 bits per heavy atom. The predicted octanol–water partition coefficient (Wildman–Crippen LogP) is 4.70. The van der Waals surface area contributed by atoms with Gasteiger partial charge in [-0.1, -0.05) is 18.2 Å². The van der Waals surface area contributed by atoms with Crippen molar-refractivity contribution in [1.82, 2.24) is 15.3 Å². The van der Waals surface area contributed by atoms with Crippen molar-refractivity contribution in [3.05, 3.63) is 83.6 Å². The predicted molar refractivity (Wildman–Crippen MR) is 130 cm³/mol. The molecule has 0 bridgehead atoms. The molecule has 2 aromatic carbocycles. The largest absolute Gasteiger partial charge is 0.371 e. The summed E-state index contributed by atoms with van der Waals surface area (Å²) < 4.78 is 1.25. The number of para-hydroxylation sites is 1. The molecule has 1 aliphatic heterocycles. The molecule has 1 amide bonds. The molecule has 0 unspecified atom stereocenters. The minimum Gasteiger partial charge on any atom is -0.371 e. The number of carbonyl (C=O) groups excluding carboxylic acids is 1. The molecular weight excluding hydrogens is 418 g/mol. The molecule has 7 heteroatoms. The summed E-state index contributed by atoms with van der Waals surface area (Å²) in [6.07, 6.45) is 5.40. The number of nitrogens with zero attached hydrogens (tertiary/aromatic N) is 3. The number of piperidine rings is 1. The van der Waals surface area contributed by atoms with Crippen molar-refractivity contribution in [1.29, 1.82) is 0 Å². The average Bonchev–Trinajstić information content (AvgIpc) is 3.27. The normalized spacial score (nSPS) is 14.6. The maximum atomic E-state index is 12.4. The molecule has 2 N–H and O–H groups in total. The van der Waals surface area contributed by atoms with Crippen molar-refractivity contribution >= 4 is 38.8 Å². The standard InChI is InChI=1S/C25H25N5OS/c31-25(18-5-4-12-26-16-18)28-20-6-3-7-21(15-20)30-13-10-19(11-14-30)27-17-24-29-22-8-1-2-9-23(22)32-24/h1-9,12,15-16,19,27H,10-11,13-14,17H2,(H,28,31). The lowest BCUT2D eigenvalue weighted by Gasteiger charge is -2.34. The molecule has 0 saturated carbocycles. The molecule has 2 aromatic heterocycles. The van der Waals surface area contributed by atoms with Crippen LogP contribution in [0.2, 0.25) is 0 Å². The summed E-state index contributed by atoms with van der Waals surface area (Å²) in [4.78, 5) is 23.5. The Balaban J connectivity index is 1.14. The molecule has 0 radical (unpaired) electrons. The number of fused-ring (bicyclic) bond motifs is 1. The van der Waals surface area contributed by atoms with Crippen LogP contribution in [0.5, 0.6) is 0 Å². The lowest BCUT2D eigenvalue weighted by molar-refractivity contribution is 0.102. The van der Waals surface area contributed by atoms with Crippen molar-refractivity contribution in [2.45, 2.75) is 25.4 Å². The highest BCUT2D eigenvalue weighted by Crippen LogP contribution is 2.25. The first-order chi connectivity index (χ1) is 15.7. The molecule has 3 heterocycles. The third-order valence-electron chi connectivity index (χ3n) is 5.77. The summed E-state index contributed by atoms with van der Waals surface area (Å²) in [5.74, 6) is -0.145. The van der Waals surface area contributed by atoms with Crippen LogP contribution in [0.25, 0.3) is 10.2 Å². The van der Waals surface area contributed by atoms with Gasteiger partial charge in [0.1, 0.15) is 5.01 Å². The highest BCUT2D eigenvalue weighted by Gasteiger charge is 2.20. The van der Waals surface area contributed by atoms with Crippen LogP contribution in [0, 0.1) is 0 Å². The lowest BCUT2D eigenvalue weighted by atomic mass is 10.0. The van der Waals surface area contributed by atoms with Crippen LogP contribution in [-0.4, -0.2) is 35.0 Å². The van der Waals surface area contributed by atoms with Crippen LogP contribution in [0.15, 0.2) is 73.1 Å².